The molecule has 0 spiro atoms. The maximum Gasteiger partial charge on any atom is 0.235 e. The van der Waals surface area contributed by atoms with E-state index in [1.165, 1.54) is 4.31 Å². The van der Waals surface area contributed by atoms with Crippen LogP contribution in [0, 0.1) is 13.8 Å². The van der Waals surface area contributed by atoms with Crippen LogP contribution in [0.25, 0.3) is 0 Å². The van der Waals surface area contributed by atoms with Crippen LogP contribution in [0.4, 0.5) is 0 Å². The highest BCUT2D eigenvalue weighted by atomic mass is 32.2. The van der Waals surface area contributed by atoms with Gasteiger partial charge in [0.05, 0.1) is 12.8 Å². The molecule has 2 aromatic rings. The second-order valence-corrected chi connectivity index (χ2v) is 8.21. The molecule has 1 N–H and O–H groups in total. The lowest BCUT2D eigenvalue weighted by atomic mass is 10.1. The van der Waals surface area contributed by atoms with Gasteiger partial charge in [-0.3, -0.25) is 4.79 Å². The SMILES string of the molecule is Cc1cccc(CN(CC(=O)NCc2ccccc2C)S(C)(=O)=O)c1. The number of rotatable bonds is 7. The third-order valence-corrected chi connectivity index (χ3v) is 5.16. The van der Waals surface area contributed by atoms with Gasteiger partial charge >= 0.3 is 0 Å². The fourth-order valence-corrected chi connectivity index (χ4v) is 3.26. The molecule has 0 aliphatic heterocycles. The highest BCUT2D eigenvalue weighted by Gasteiger charge is 2.20. The predicted molar refractivity (Wildman–Crippen MR) is 99.5 cm³/mol. The number of carbonyl (C=O) groups is 1. The third kappa shape index (κ3) is 5.99. The molecule has 134 valence electrons. The zero-order chi connectivity index (χ0) is 18.4. The predicted octanol–water partition coefficient (Wildman–Crippen LogP) is 2.38. The minimum Gasteiger partial charge on any atom is -0.351 e. The van der Waals surface area contributed by atoms with Crippen LogP contribution in [-0.2, 0) is 27.9 Å². The number of carbonyl (C=O) groups excluding carboxylic acids is 1. The Kier molecular flexibility index (Phi) is 6.33. The molecule has 5 nitrogen and oxygen atoms in total. The second kappa shape index (κ2) is 8.27. The summed E-state index contributed by atoms with van der Waals surface area (Å²) in [5.41, 5.74) is 4.01. The van der Waals surface area contributed by atoms with E-state index in [4.69, 9.17) is 0 Å². The van der Waals surface area contributed by atoms with Crippen LogP contribution in [0.2, 0.25) is 0 Å². The smallest absolute Gasteiger partial charge is 0.235 e. The quantitative estimate of drug-likeness (QED) is 0.824. The number of benzene rings is 2. The molecule has 2 rings (SSSR count). The Labute approximate surface area is 149 Å². The van der Waals surface area contributed by atoms with Crippen LogP contribution in [0.15, 0.2) is 48.5 Å². The van der Waals surface area contributed by atoms with Crippen molar-refractivity contribution >= 4 is 15.9 Å². The highest BCUT2D eigenvalue weighted by Crippen LogP contribution is 2.11. The molecule has 0 bridgehead atoms. The van der Waals surface area contributed by atoms with Gasteiger partial charge in [0.15, 0.2) is 0 Å². The van der Waals surface area contributed by atoms with Crippen LogP contribution < -0.4 is 5.32 Å². The van der Waals surface area contributed by atoms with Crippen molar-refractivity contribution in [2.75, 3.05) is 12.8 Å². The molecule has 0 unspecified atom stereocenters. The molecule has 1 amide bonds. The van der Waals surface area contributed by atoms with Crippen molar-refractivity contribution in [3.8, 4) is 0 Å². The average Bonchev–Trinajstić information content (AvgIpc) is 2.53. The molecule has 0 aliphatic carbocycles. The molecule has 6 heteroatoms. The van der Waals surface area contributed by atoms with Crippen molar-refractivity contribution in [1.82, 2.24) is 9.62 Å². The lowest BCUT2D eigenvalue weighted by Gasteiger charge is -2.20. The van der Waals surface area contributed by atoms with E-state index < -0.39 is 10.0 Å². The van der Waals surface area contributed by atoms with Gasteiger partial charge in [0.2, 0.25) is 15.9 Å². The summed E-state index contributed by atoms with van der Waals surface area (Å²) >= 11 is 0. The van der Waals surface area contributed by atoms with Crippen molar-refractivity contribution in [2.45, 2.75) is 26.9 Å². The Bertz CT molecular complexity index is 847. The molecule has 0 saturated heterocycles. The molecule has 0 fully saturated rings. The standard InChI is InChI=1S/C19H24N2O3S/c1-15-7-6-9-17(11-15)13-21(25(3,23)24)14-19(22)20-12-18-10-5-4-8-16(18)2/h4-11H,12-14H2,1-3H3,(H,20,22). The first-order valence-corrected chi connectivity index (χ1v) is 9.92. The van der Waals surface area contributed by atoms with E-state index in [2.05, 4.69) is 5.32 Å². The van der Waals surface area contributed by atoms with Crippen molar-refractivity contribution < 1.29 is 13.2 Å². The largest absolute Gasteiger partial charge is 0.351 e. The lowest BCUT2D eigenvalue weighted by molar-refractivity contribution is -0.121. The first-order valence-electron chi connectivity index (χ1n) is 8.07. The van der Waals surface area contributed by atoms with E-state index in [0.29, 0.717) is 6.54 Å². The third-order valence-electron chi connectivity index (χ3n) is 3.97. The van der Waals surface area contributed by atoms with Gasteiger partial charge < -0.3 is 5.32 Å². The van der Waals surface area contributed by atoms with Crippen LogP contribution in [0.5, 0.6) is 0 Å². The first kappa shape index (κ1) is 19.1. The van der Waals surface area contributed by atoms with E-state index in [0.717, 1.165) is 28.5 Å². The van der Waals surface area contributed by atoms with Gasteiger partial charge in [-0.15, -0.1) is 0 Å². The Morgan fingerprint density at radius 1 is 1.08 bits per heavy atom. The van der Waals surface area contributed by atoms with Crippen LogP contribution >= 0.6 is 0 Å². The first-order chi connectivity index (χ1) is 11.8. The van der Waals surface area contributed by atoms with E-state index in [9.17, 15) is 13.2 Å². The minimum atomic E-state index is -3.49. The number of nitrogens with one attached hydrogen (secondary N) is 1. The second-order valence-electron chi connectivity index (χ2n) is 6.22. The molecule has 0 aliphatic rings. The van der Waals surface area contributed by atoms with Gasteiger partial charge in [0.1, 0.15) is 0 Å². The highest BCUT2D eigenvalue weighted by molar-refractivity contribution is 7.88. The summed E-state index contributed by atoms with van der Waals surface area (Å²) in [7, 11) is -3.49. The molecule has 0 saturated carbocycles. The Morgan fingerprint density at radius 2 is 1.80 bits per heavy atom. The number of hydrogen-bond acceptors (Lipinski definition) is 3. The number of aryl methyl sites for hydroxylation is 2. The topological polar surface area (TPSA) is 66.5 Å². The molecule has 0 radical (unpaired) electrons. The molecule has 2 aromatic carbocycles. The Balaban J connectivity index is 2.02. The summed E-state index contributed by atoms with van der Waals surface area (Å²) in [4.78, 5) is 12.2. The lowest BCUT2D eigenvalue weighted by Crippen LogP contribution is -2.39. The molecule has 0 aromatic heterocycles. The van der Waals surface area contributed by atoms with Crippen LogP contribution in [0.3, 0.4) is 0 Å². The van der Waals surface area contributed by atoms with Gasteiger partial charge in [-0.1, -0.05) is 54.1 Å². The van der Waals surface area contributed by atoms with E-state index in [1.54, 1.807) is 0 Å². The summed E-state index contributed by atoms with van der Waals surface area (Å²) < 4.78 is 25.3. The summed E-state index contributed by atoms with van der Waals surface area (Å²) in [5, 5.41) is 2.79. The van der Waals surface area contributed by atoms with Gasteiger partial charge in [0.25, 0.3) is 0 Å². The molecular weight excluding hydrogens is 336 g/mol. The van der Waals surface area contributed by atoms with Gasteiger partial charge in [-0.2, -0.15) is 4.31 Å². The van der Waals surface area contributed by atoms with E-state index >= 15 is 0 Å². The Hall–Kier alpha value is -2.18. The van der Waals surface area contributed by atoms with Crippen molar-refractivity contribution in [2.24, 2.45) is 0 Å². The molecule has 0 heterocycles. The maximum absolute atomic E-state index is 12.2. The monoisotopic (exact) mass is 360 g/mol. The average molecular weight is 360 g/mol. The normalized spacial score (nSPS) is 11.5. The van der Waals surface area contributed by atoms with Crippen molar-refractivity contribution in [3.63, 3.8) is 0 Å². The minimum absolute atomic E-state index is 0.179. The van der Waals surface area contributed by atoms with Gasteiger partial charge in [-0.05, 0) is 30.5 Å². The zero-order valence-electron chi connectivity index (χ0n) is 14.8. The van der Waals surface area contributed by atoms with Gasteiger partial charge in [-0.25, -0.2) is 8.42 Å². The summed E-state index contributed by atoms with van der Waals surface area (Å²) in [6.07, 6.45) is 1.12. The van der Waals surface area contributed by atoms with Crippen molar-refractivity contribution in [1.29, 1.82) is 0 Å². The van der Waals surface area contributed by atoms with Crippen LogP contribution in [-0.4, -0.2) is 31.4 Å². The van der Waals surface area contributed by atoms with Crippen molar-refractivity contribution in [3.05, 3.63) is 70.8 Å². The number of amides is 1. The van der Waals surface area contributed by atoms with E-state index in [1.807, 2.05) is 62.4 Å². The number of hydrogen-bond donors (Lipinski definition) is 1. The van der Waals surface area contributed by atoms with E-state index in [-0.39, 0.29) is 19.0 Å². The summed E-state index contributed by atoms with van der Waals surface area (Å²) in [6.45, 7) is 4.29. The number of nitrogens with zero attached hydrogens (tertiary/aromatic N) is 1. The molecule has 25 heavy (non-hydrogen) atoms. The van der Waals surface area contributed by atoms with Gasteiger partial charge in [0, 0.05) is 13.1 Å². The molecule has 0 atom stereocenters. The fraction of sp³-hybridized carbons (Fsp3) is 0.316. The fourth-order valence-electron chi connectivity index (χ4n) is 2.52. The zero-order valence-corrected chi connectivity index (χ0v) is 15.6. The summed E-state index contributed by atoms with van der Waals surface area (Å²) in [5.74, 6) is -0.318. The molecular formula is C19H24N2O3S. The number of sulfonamides is 1. The maximum atomic E-state index is 12.2. The van der Waals surface area contributed by atoms with Crippen LogP contribution in [0.1, 0.15) is 22.3 Å². The Morgan fingerprint density at radius 3 is 2.44 bits per heavy atom. The summed E-state index contributed by atoms with van der Waals surface area (Å²) in [6, 6.07) is 15.4.